The van der Waals surface area contributed by atoms with Crippen LogP contribution in [0.15, 0.2) is 0 Å². The molecule has 6 heterocycles. The number of hydrogen-bond donors (Lipinski definition) is 19. The molecule has 438 valence electrons. The Hall–Kier alpha value is -2.63. The van der Waals surface area contributed by atoms with E-state index in [1.54, 1.807) is 0 Å². The lowest BCUT2D eigenvalue weighted by atomic mass is 9.82. The first-order valence-electron chi connectivity index (χ1n) is 24.8. The van der Waals surface area contributed by atoms with Gasteiger partial charge in [0.25, 0.3) is 0 Å². The van der Waals surface area contributed by atoms with Gasteiger partial charge in [0.2, 0.25) is 24.0 Å². The molecule has 6 saturated heterocycles. The zero-order valence-corrected chi connectivity index (χ0v) is 41.6. The molecule has 32 nitrogen and oxygen atoms in total. The largest absolute Gasteiger partial charge is 0.394 e. The first kappa shape index (κ1) is 61.0. The van der Waals surface area contributed by atoms with Crippen molar-refractivity contribution in [2.75, 3.05) is 39.6 Å². The van der Waals surface area contributed by atoms with Gasteiger partial charge in [0.1, 0.15) is 115 Å². The third kappa shape index (κ3) is 11.9. The Morgan fingerprint density at radius 2 is 1.03 bits per heavy atom. The molecule has 0 spiro atoms. The summed E-state index contributed by atoms with van der Waals surface area (Å²) >= 11 is 0. The monoisotopic (exact) mass is 1110 g/mol. The number of nitrogens with one attached hydrogen (secondary N) is 3. The maximum absolute atomic E-state index is 12.6. The average molecular weight is 1110 g/mol. The van der Waals surface area contributed by atoms with Crippen LogP contribution in [0, 0.1) is 11.8 Å². The summed E-state index contributed by atoms with van der Waals surface area (Å²) in [7, 11) is 0. The maximum atomic E-state index is 12.6. The minimum atomic E-state index is -2.64. The van der Waals surface area contributed by atoms with Crippen molar-refractivity contribution < 1.29 is 143 Å². The Labute approximate surface area is 432 Å². The number of ether oxygens (including phenoxy) is 10. The van der Waals surface area contributed by atoms with Crippen LogP contribution in [-0.4, -0.2) is 310 Å². The molecule has 32 heteroatoms. The summed E-state index contributed by atoms with van der Waals surface area (Å²) in [4.78, 5) is 37.0. The lowest BCUT2D eigenvalue weighted by Crippen LogP contribution is -2.70. The molecule has 0 aromatic heterocycles. The summed E-state index contributed by atoms with van der Waals surface area (Å²) in [6, 6.07) is -2.69. The van der Waals surface area contributed by atoms with Crippen LogP contribution in [0.25, 0.3) is 0 Å². The van der Waals surface area contributed by atoms with Gasteiger partial charge >= 0.3 is 0 Å². The van der Waals surface area contributed by atoms with Gasteiger partial charge in [0.05, 0.1) is 64.0 Å². The van der Waals surface area contributed by atoms with Crippen molar-refractivity contribution in [3.8, 4) is 0 Å². The number of fused-ring (bicyclic) bond motifs is 1. The van der Waals surface area contributed by atoms with Gasteiger partial charge in [0.15, 0.2) is 24.6 Å². The molecule has 7 rings (SSSR count). The summed E-state index contributed by atoms with van der Waals surface area (Å²) in [6.45, 7) is -0.370. The Kier molecular flexibility index (Phi) is 19.8. The van der Waals surface area contributed by atoms with Gasteiger partial charge in [-0.2, -0.15) is 0 Å². The van der Waals surface area contributed by atoms with E-state index in [2.05, 4.69) is 16.0 Å². The smallest absolute Gasteiger partial charge is 0.219 e. The summed E-state index contributed by atoms with van der Waals surface area (Å²) in [5, 5.41) is 182. The fourth-order valence-electron chi connectivity index (χ4n) is 11.2. The van der Waals surface area contributed by atoms with E-state index in [9.17, 15) is 96.1 Å². The molecular formula is C44H73N3O29. The van der Waals surface area contributed by atoms with E-state index < -0.39 is 246 Å². The molecule has 30 atom stereocenters. The fourth-order valence-corrected chi connectivity index (χ4v) is 11.2. The first-order valence-corrected chi connectivity index (χ1v) is 24.8. The molecule has 3 amide bonds. The Balaban J connectivity index is 1.08. The molecule has 0 aromatic rings. The molecule has 76 heavy (non-hydrogen) atoms. The SMILES string of the molecule is CC(=O)NC1C(O)[C@H](O[C@@H]2OC(CO[C@H]3OC(CO)[C@@H](O)C(O)C3O[C@@H]3OC(CO)[C@@H](C4[C@@H]5OC(CO)[C@H](O)C(O)C45O)CC3(O)NC(C)=O)[C@@H](O)C(O)C2O)C(CO)O[C@H]1O[C@@H]1C(CO)O[C@@H](C)C(NC(C)=O)C1O. The quantitative estimate of drug-likeness (QED) is 0.0567. The van der Waals surface area contributed by atoms with Crippen molar-refractivity contribution in [2.24, 2.45) is 11.8 Å². The van der Waals surface area contributed by atoms with E-state index in [4.69, 9.17) is 47.4 Å². The number of hydrogen-bond acceptors (Lipinski definition) is 29. The van der Waals surface area contributed by atoms with Gasteiger partial charge < -0.3 is 145 Å². The highest BCUT2D eigenvalue weighted by Crippen LogP contribution is 2.60. The third-order valence-electron chi connectivity index (χ3n) is 15.2. The van der Waals surface area contributed by atoms with Crippen LogP contribution in [0.3, 0.4) is 0 Å². The highest BCUT2D eigenvalue weighted by atomic mass is 16.8. The van der Waals surface area contributed by atoms with Crippen molar-refractivity contribution in [3.05, 3.63) is 0 Å². The normalized spacial score (nSPS) is 50.5. The van der Waals surface area contributed by atoms with Crippen LogP contribution in [0.5, 0.6) is 0 Å². The molecule has 7 aliphatic rings. The molecule has 1 aliphatic carbocycles. The van der Waals surface area contributed by atoms with E-state index in [1.165, 1.54) is 13.8 Å². The Morgan fingerprint density at radius 3 is 1.61 bits per heavy atom. The Bertz CT molecular complexity index is 1970. The highest BCUT2D eigenvalue weighted by Gasteiger charge is 2.78. The molecule has 1 saturated carbocycles. The molecular weight excluding hydrogens is 1030 g/mol. The molecule has 0 aromatic carbocycles. The molecule has 0 bridgehead atoms. The molecule has 6 aliphatic heterocycles. The van der Waals surface area contributed by atoms with Crippen LogP contribution in [0.4, 0.5) is 0 Å². The summed E-state index contributed by atoms with van der Waals surface area (Å²) in [5.41, 5.74) is -4.82. The molecule has 19 N–H and O–H groups in total. The zero-order valence-electron chi connectivity index (χ0n) is 41.6. The maximum Gasteiger partial charge on any atom is 0.219 e. The number of aliphatic hydroxyl groups is 16. The van der Waals surface area contributed by atoms with E-state index in [0.717, 1.165) is 13.8 Å². The number of amides is 3. The van der Waals surface area contributed by atoms with Gasteiger partial charge in [-0.05, 0) is 6.92 Å². The fraction of sp³-hybridized carbons (Fsp3) is 0.932. The second-order valence-electron chi connectivity index (χ2n) is 20.4. The summed E-state index contributed by atoms with van der Waals surface area (Å²) in [6.07, 6.45) is -42.3. The van der Waals surface area contributed by atoms with E-state index >= 15 is 0 Å². The third-order valence-corrected chi connectivity index (χ3v) is 15.2. The van der Waals surface area contributed by atoms with E-state index in [1.807, 2.05) is 0 Å². The van der Waals surface area contributed by atoms with Crippen molar-refractivity contribution in [2.45, 2.75) is 205 Å². The highest BCUT2D eigenvalue weighted by molar-refractivity contribution is 5.74. The van der Waals surface area contributed by atoms with Crippen LogP contribution >= 0.6 is 0 Å². The minimum Gasteiger partial charge on any atom is -0.394 e. The first-order chi connectivity index (χ1) is 35.8. The lowest BCUT2D eigenvalue weighted by Gasteiger charge is -2.50. The molecule has 0 radical (unpaired) electrons. The average Bonchev–Trinajstić information content (AvgIpc) is 4.01. The predicted molar refractivity (Wildman–Crippen MR) is 238 cm³/mol. The number of rotatable bonds is 18. The van der Waals surface area contributed by atoms with Gasteiger partial charge in [-0.1, -0.05) is 0 Å². The van der Waals surface area contributed by atoms with Crippen LogP contribution in [-0.2, 0) is 61.8 Å². The predicted octanol–water partition coefficient (Wildman–Crippen LogP) is -12.0. The van der Waals surface area contributed by atoms with E-state index in [-0.39, 0.29) is 0 Å². The van der Waals surface area contributed by atoms with Gasteiger partial charge in [0, 0.05) is 39.0 Å². The number of aliphatic hydroxyl groups excluding tert-OH is 14. The van der Waals surface area contributed by atoms with Crippen molar-refractivity contribution in [1.29, 1.82) is 0 Å². The van der Waals surface area contributed by atoms with Crippen LogP contribution < -0.4 is 16.0 Å². The zero-order chi connectivity index (χ0) is 56.0. The van der Waals surface area contributed by atoms with Crippen molar-refractivity contribution in [1.82, 2.24) is 16.0 Å². The van der Waals surface area contributed by atoms with Crippen LogP contribution in [0.1, 0.15) is 34.1 Å². The standard InChI is InChI=1S/C44H73N3O29/c1-12-24(45-13(2)53)29(59)34(20(9-51)68-12)74-39-25(46-14(3)54)30(60)35(21(10-52)71-39)75-40-33(63)31(61)27(57)22(72-40)11-67-41-36(32(62)26(56)18(7-49)70-41)76-42-43(65,47-15(4)55)5-16(17(6-48)73-42)23-38-44(23,66)37(64)28(58)19(8-50)69-38/h12,16-42,48-52,56-66H,5-11H2,1-4H3,(H,45,53)(H,46,54)(H,47,55)/t12-,16-,17?,18?,19?,20?,21?,22?,23?,24?,25?,26+,27+,28-,29?,30?,31?,32?,33?,34+,35+,36?,37?,38-,39-,40-,41-,42-,43?,44?/m0/s1. The molecule has 7 fully saturated rings. The van der Waals surface area contributed by atoms with Crippen LogP contribution in [0.2, 0.25) is 0 Å². The van der Waals surface area contributed by atoms with Gasteiger partial charge in [-0.3, -0.25) is 14.4 Å². The second kappa shape index (κ2) is 24.6. The van der Waals surface area contributed by atoms with Crippen molar-refractivity contribution in [3.63, 3.8) is 0 Å². The summed E-state index contributed by atoms with van der Waals surface area (Å²) in [5.74, 6) is -4.57. The minimum absolute atomic E-state index is 0.540. The van der Waals surface area contributed by atoms with E-state index in [0.29, 0.717) is 0 Å². The molecule has 18 unspecified atom stereocenters. The lowest BCUT2D eigenvalue weighted by molar-refractivity contribution is -0.383. The second-order valence-corrected chi connectivity index (χ2v) is 20.4. The van der Waals surface area contributed by atoms with Gasteiger partial charge in [-0.25, -0.2) is 0 Å². The topological polar surface area (TPSA) is 503 Å². The Morgan fingerprint density at radius 1 is 0.513 bits per heavy atom. The number of carbonyl (C=O) groups is 3. The van der Waals surface area contributed by atoms with Gasteiger partial charge in [-0.15, -0.1) is 0 Å². The number of carbonyl (C=O) groups excluding carboxylic acids is 3. The summed E-state index contributed by atoms with van der Waals surface area (Å²) < 4.78 is 58.7. The van der Waals surface area contributed by atoms with Crippen molar-refractivity contribution >= 4 is 17.7 Å².